The van der Waals surface area contributed by atoms with E-state index in [2.05, 4.69) is 54.2 Å². The molecule has 1 nitrogen and oxygen atoms in total. The molecule has 0 amide bonds. The smallest absolute Gasteiger partial charge is 0.193 e. The Balaban J connectivity index is 4.73. The lowest BCUT2D eigenvalue weighted by Gasteiger charge is -2.38. The minimum absolute atomic E-state index is 0.153. The van der Waals surface area contributed by atoms with Gasteiger partial charge in [0.15, 0.2) is 8.32 Å². The van der Waals surface area contributed by atoms with Crippen LogP contribution in [0, 0.1) is 0 Å². The van der Waals surface area contributed by atoms with E-state index in [4.69, 9.17) is 4.43 Å². The van der Waals surface area contributed by atoms with Gasteiger partial charge in [0, 0.05) is 0 Å². The molecule has 0 N–H and O–H groups in total. The lowest BCUT2D eigenvalue weighted by molar-refractivity contribution is 0.117. The molecule has 1 unspecified atom stereocenters. The molecule has 106 valence electrons. The molecule has 0 aliphatic carbocycles. The largest absolute Gasteiger partial charge is 0.408 e. The zero-order chi connectivity index (χ0) is 14.2. The van der Waals surface area contributed by atoms with Crippen LogP contribution in [0.3, 0.4) is 0 Å². The summed E-state index contributed by atoms with van der Waals surface area (Å²) < 4.78 is 6.60. The van der Waals surface area contributed by atoms with Gasteiger partial charge in [-0.3, -0.25) is 0 Å². The Bertz CT molecular complexity index is 267. The summed E-state index contributed by atoms with van der Waals surface area (Å²) in [5.41, 5.74) is 1.23. The van der Waals surface area contributed by atoms with Crippen LogP contribution in [0.2, 0.25) is 18.1 Å². The van der Waals surface area contributed by atoms with Crippen LogP contribution >= 0.6 is 0 Å². The van der Waals surface area contributed by atoms with Crippen LogP contribution in [-0.2, 0) is 4.43 Å². The maximum atomic E-state index is 6.60. The lowest BCUT2D eigenvalue weighted by atomic mass is 10.00. The second kappa shape index (κ2) is 7.95. The summed E-state index contributed by atoms with van der Waals surface area (Å²) in [6.07, 6.45) is 6.41. The van der Waals surface area contributed by atoms with Crippen molar-refractivity contribution in [3.8, 4) is 0 Å². The van der Waals surface area contributed by atoms with Crippen molar-refractivity contribution in [3.05, 3.63) is 24.3 Å². The Kier molecular flexibility index (Phi) is 7.80. The van der Waals surface area contributed by atoms with E-state index in [-0.39, 0.29) is 5.60 Å². The van der Waals surface area contributed by atoms with Gasteiger partial charge in [-0.05, 0) is 51.7 Å². The summed E-state index contributed by atoms with van der Waals surface area (Å²) in [5, 5.41) is 0. The first-order valence-corrected chi connectivity index (χ1v) is 9.87. The van der Waals surface area contributed by atoms with Crippen LogP contribution in [0.25, 0.3) is 0 Å². The molecule has 0 radical (unpaired) electrons. The Morgan fingerprint density at radius 1 is 1.17 bits per heavy atom. The first-order valence-electron chi connectivity index (χ1n) is 7.34. The van der Waals surface area contributed by atoms with E-state index in [1.165, 1.54) is 23.7 Å². The van der Waals surface area contributed by atoms with Gasteiger partial charge in [-0.25, -0.2) is 0 Å². The molecule has 2 heteroatoms. The highest BCUT2D eigenvalue weighted by Crippen LogP contribution is 2.31. The quantitative estimate of drug-likeness (QED) is 0.385. The van der Waals surface area contributed by atoms with Gasteiger partial charge in [0.1, 0.15) is 0 Å². The summed E-state index contributed by atoms with van der Waals surface area (Å²) in [7, 11) is -1.54. The molecule has 0 fully saturated rings. The second-order valence-electron chi connectivity index (χ2n) is 5.68. The van der Waals surface area contributed by atoms with Crippen molar-refractivity contribution in [3.63, 3.8) is 0 Å². The molecule has 0 aromatic heterocycles. The third-order valence-corrected chi connectivity index (χ3v) is 8.77. The molecular formula is C16H32OSi. The van der Waals surface area contributed by atoms with Gasteiger partial charge in [0.25, 0.3) is 0 Å². The summed E-state index contributed by atoms with van der Waals surface area (Å²) >= 11 is 0. The number of hydrogen-bond donors (Lipinski definition) is 0. The van der Waals surface area contributed by atoms with E-state index < -0.39 is 8.32 Å². The van der Waals surface area contributed by atoms with Crippen molar-refractivity contribution in [2.45, 2.75) is 78.1 Å². The molecule has 0 spiro atoms. The molecule has 0 aliphatic heterocycles. The van der Waals surface area contributed by atoms with Crippen molar-refractivity contribution >= 4 is 8.32 Å². The average Bonchev–Trinajstić information content (AvgIpc) is 2.36. The predicted octanol–water partition coefficient (Wildman–Crippen LogP) is 5.70. The van der Waals surface area contributed by atoms with Crippen LogP contribution in [0.1, 0.15) is 54.4 Å². The summed E-state index contributed by atoms with van der Waals surface area (Å²) in [4.78, 5) is 0. The zero-order valence-electron chi connectivity index (χ0n) is 13.3. The van der Waals surface area contributed by atoms with Gasteiger partial charge < -0.3 is 4.43 Å². The number of allylic oxidation sites excluding steroid dienone is 2. The highest BCUT2D eigenvalue weighted by Gasteiger charge is 2.35. The standard InChI is InChI=1S/C16H32OSi/c1-8-16(7,14-12-13-15(5)6)17-18(9-2,10-3)11-4/h8,13H,1,9-12,14H2,2-7H3. The van der Waals surface area contributed by atoms with Crippen molar-refractivity contribution in [1.29, 1.82) is 0 Å². The molecule has 1 atom stereocenters. The molecule has 0 saturated heterocycles. The summed E-state index contributed by atoms with van der Waals surface area (Å²) in [6, 6.07) is 3.60. The monoisotopic (exact) mass is 268 g/mol. The topological polar surface area (TPSA) is 9.23 Å². The first-order chi connectivity index (χ1) is 8.37. The molecule has 0 saturated carbocycles. The Morgan fingerprint density at radius 2 is 1.67 bits per heavy atom. The zero-order valence-corrected chi connectivity index (χ0v) is 14.3. The average molecular weight is 269 g/mol. The molecule has 18 heavy (non-hydrogen) atoms. The van der Waals surface area contributed by atoms with Gasteiger partial charge >= 0.3 is 0 Å². The normalized spacial score (nSPS) is 15.0. The van der Waals surface area contributed by atoms with Gasteiger partial charge in [-0.2, -0.15) is 0 Å². The maximum Gasteiger partial charge on any atom is 0.193 e. The van der Waals surface area contributed by atoms with Gasteiger partial charge in [0.05, 0.1) is 5.60 Å². The van der Waals surface area contributed by atoms with Crippen LogP contribution < -0.4 is 0 Å². The fraction of sp³-hybridized carbons (Fsp3) is 0.750. The second-order valence-corrected chi connectivity index (χ2v) is 10.4. The van der Waals surface area contributed by atoms with Crippen molar-refractivity contribution in [1.82, 2.24) is 0 Å². The maximum absolute atomic E-state index is 6.60. The van der Waals surface area contributed by atoms with Crippen molar-refractivity contribution < 1.29 is 4.43 Å². The number of rotatable bonds is 9. The fourth-order valence-electron chi connectivity index (χ4n) is 2.30. The molecule has 0 aliphatic rings. The Hall–Kier alpha value is -0.343. The SMILES string of the molecule is C=CC(C)(CCC=C(C)C)O[Si](CC)(CC)CC. The van der Waals surface area contributed by atoms with E-state index in [9.17, 15) is 0 Å². The summed E-state index contributed by atoms with van der Waals surface area (Å²) in [6.45, 7) is 17.3. The van der Waals surface area contributed by atoms with E-state index in [0.29, 0.717) is 0 Å². The Morgan fingerprint density at radius 3 is 2.00 bits per heavy atom. The van der Waals surface area contributed by atoms with Crippen LogP contribution in [-0.4, -0.2) is 13.9 Å². The van der Waals surface area contributed by atoms with E-state index in [1.807, 2.05) is 6.08 Å². The third-order valence-electron chi connectivity index (χ3n) is 4.01. The van der Waals surface area contributed by atoms with E-state index in [1.54, 1.807) is 0 Å². The minimum Gasteiger partial charge on any atom is -0.408 e. The van der Waals surface area contributed by atoms with E-state index >= 15 is 0 Å². The van der Waals surface area contributed by atoms with E-state index in [0.717, 1.165) is 12.8 Å². The molecule has 0 heterocycles. The molecule has 0 bridgehead atoms. The van der Waals surface area contributed by atoms with Crippen molar-refractivity contribution in [2.24, 2.45) is 0 Å². The lowest BCUT2D eigenvalue weighted by Crippen LogP contribution is -2.44. The van der Waals surface area contributed by atoms with Crippen LogP contribution in [0.4, 0.5) is 0 Å². The summed E-state index contributed by atoms with van der Waals surface area (Å²) in [5.74, 6) is 0. The predicted molar refractivity (Wildman–Crippen MR) is 85.5 cm³/mol. The first kappa shape index (κ1) is 17.7. The van der Waals surface area contributed by atoms with Gasteiger partial charge in [-0.15, -0.1) is 6.58 Å². The van der Waals surface area contributed by atoms with Gasteiger partial charge in [-0.1, -0.05) is 38.5 Å². The molecule has 0 aromatic rings. The molecule has 0 rings (SSSR count). The highest BCUT2D eigenvalue weighted by atomic mass is 28.4. The molecular weight excluding hydrogens is 236 g/mol. The Labute approximate surface area is 115 Å². The van der Waals surface area contributed by atoms with Gasteiger partial charge in [0.2, 0.25) is 0 Å². The molecule has 0 aromatic carbocycles. The van der Waals surface area contributed by atoms with Crippen molar-refractivity contribution in [2.75, 3.05) is 0 Å². The van der Waals surface area contributed by atoms with Crippen LogP contribution in [0.5, 0.6) is 0 Å². The fourth-order valence-corrected chi connectivity index (χ4v) is 5.41. The van der Waals surface area contributed by atoms with Crippen LogP contribution in [0.15, 0.2) is 24.3 Å². The number of hydrogen-bond acceptors (Lipinski definition) is 1. The minimum atomic E-state index is -1.54. The highest BCUT2D eigenvalue weighted by molar-refractivity contribution is 6.73. The third kappa shape index (κ3) is 5.53.